The molecule has 1 aliphatic carbocycles. The van der Waals surface area contributed by atoms with E-state index in [0.717, 1.165) is 29.5 Å². The van der Waals surface area contributed by atoms with E-state index in [2.05, 4.69) is 5.32 Å². The first kappa shape index (κ1) is 16.2. The number of hydrogen-bond acceptors (Lipinski definition) is 3. The monoisotopic (exact) mass is 323 g/mol. The van der Waals surface area contributed by atoms with Crippen molar-refractivity contribution in [1.29, 1.82) is 0 Å². The van der Waals surface area contributed by atoms with Gasteiger partial charge in [-0.25, -0.2) is 0 Å². The number of esters is 1. The Morgan fingerprint density at radius 3 is 2.29 bits per heavy atom. The number of nitrogens with one attached hydrogen (secondary N) is 1. The van der Waals surface area contributed by atoms with Gasteiger partial charge in [0, 0.05) is 6.04 Å². The molecule has 0 saturated heterocycles. The number of benzene rings is 2. The van der Waals surface area contributed by atoms with Crippen LogP contribution in [0.2, 0.25) is 0 Å². The molecule has 1 saturated carbocycles. The molecule has 1 amide bonds. The summed E-state index contributed by atoms with van der Waals surface area (Å²) in [6.45, 7) is 1.61. The molecule has 0 aliphatic heterocycles. The maximum absolute atomic E-state index is 12.0. The van der Waals surface area contributed by atoms with Crippen LogP contribution in [0.1, 0.15) is 25.3 Å². The van der Waals surface area contributed by atoms with Crippen molar-refractivity contribution in [3.8, 4) is 11.1 Å². The van der Waals surface area contributed by atoms with Crippen LogP contribution in [0.15, 0.2) is 54.6 Å². The van der Waals surface area contributed by atoms with E-state index in [4.69, 9.17) is 4.74 Å². The lowest BCUT2D eigenvalue weighted by molar-refractivity contribution is -0.154. The van der Waals surface area contributed by atoms with E-state index in [-0.39, 0.29) is 24.3 Å². The lowest BCUT2D eigenvalue weighted by atomic mass is 10.0. The molecular formula is C20H21NO3. The average Bonchev–Trinajstić information content (AvgIpc) is 3.40. The largest absolute Gasteiger partial charge is 0.452 e. The quantitative estimate of drug-likeness (QED) is 0.831. The number of carbonyl (C=O) groups excluding carboxylic acids is 2. The van der Waals surface area contributed by atoms with Crippen LogP contribution in [0.3, 0.4) is 0 Å². The van der Waals surface area contributed by atoms with Crippen LogP contribution in [0.5, 0.6) is 0 Å². The van der Waals surface area contributed by atoms with Gasteiger partial charge >= 0.3 is 5.97 Å². The zero-order valence-electron chi connectivity index (χ0n) is 13.7. The van der Waals surface area contributed by atoms with Gasteiger partial charge in [0.1, 0.15) is 0 Å². The van der Waals surface area contributed by atoms with Gasteiger partial charge in [-0.2, -0.15) is 0 Å². The summed E-state index contributed by atoms with van der Waals surface area (Å²) in [5.74, 6) is -0.605. The molecular weight excluding hydrogens is 302 g/mol. The van der Waals surface area contributed by atoms with E-state index in [9.17, 15) is 9.59 Å². The van der Waals surface area contributed by atoms with Crippen molar-refractivity contribution in [1.82, 2.24) is 5.32 Å². The van der Waals surface area contributed by atoms with Crippen LogP contribution in [0.25, 0.3) is 11.1 Å². The van der Waals surface area contributed by atoms with Crippen molar-refractivity contribution >= 4 is 11.9 Å². The Kier molecular flexibility index (Phi) is 4.94. The maximum atomic E-state index is 12.0. The fraction of sp³-hybridized carbons (Fsp3) is 0.300. The fourth-order valence-electron chi connectivity index (χ4n) is 2.45. The Hall–Kier alpha value is -2.62. The Balaban J connectivity index is 1.53. The summed E-state index contributed by atoms with van der Waals surface area (Å²) in [5.41, 5.74) is 3.11. The molecule has 24 heavy (non-hydrogen) atoms. The van der Waals surface area contributed by atoms with E-state index in [1.165, 1.54) is 0 Å². The van der Waals surface area contributed by atoms with Gasteiger partial charge in [0.05, 0.1) is 6.42 Å². The van der Waals surface area contributed by atoms with E-state index in [0.29, 0.717) is 0 Å². The molecule has 0 radical (unpaired) electrons. The number of amides is 1. The highest BCUT2D eigenvalue weighted by Crippen LogP contribution is 2.20. The minimum absolute atomic E-state index is 0.163. The molecule has 4 nitrogen and oxygen atoms in total. The standard InChI is InChI=1S/C20H21NO3/c1-14(20(23)21-18-11-12-18)24-19(22)13-15-7-9-17(10-8-15)16-5-3-2-4-6-16/h2-10,14,18H,11-13H2,1H3,(H,21,23)/t14-/m0/s1. The summed E-state index contributed by atoms with van der Waals surface area (Å²) in [6.07, 6.45) is 1.44. The van der Waals surface area contributed by atoms with Gasteiger partial charge in [0.15, 0.2) is 6.10 Å². The average molecular weight is 323 g/mol. The third-order valence-corrected chi connectivity index (χ3v) is 4.01. The first-order valence-electron chi connectivity index (χ1n) is 8.26. The van der Waals surface area contributed by atoms with Crippen LogP contribution >= 0.6 is 0 Å². The summed E-state index contributed by atoms with van der Waals surface area (Å²) in [5, 5.41) is 2.83. The van der Waals surface area contributed by atoms with Gasteiger partial charge in [-0.1, -0.05) is 54.6 Å². The Morgan fingerprint density at radius 2 is 1.67 bits per heavy atom. The molecule has 0 unspecified atom stereocenters. The summed E-state index contributed by atoms with van der Waals surface area (Å²) in [6, 6.07) is 18.1. The first-order valence-corrected chi connectivity index (χ1v) is 8.26. The third kappa shape index (κ3) is 4.44. The third-order valence-electron chi connectivity index (χ3n) is 4.01. The highest BCUT2D eigenvalue weighted by molar-refractivity contribution is 5.84. The normalized spacial score (nSPS) is 14.7. The van der Waals surface area contributed by atoms with E-state index in [1.54, 1.807) is 6.92 Å². The molecule has 0 aromatic heterocycles. The highest BCUT2D eigenvalue weighted by atomic mass is 16.5. The highest BCUT2D eigenvalue weighted by Gasteiger charge is 2.27. The number of carbonyl (C=O) groups is 2. The molecule has 2 aromatic carbocycles. The van der Waals surface area contributed by atoms with Crippen LogP contribution in [0, 0.1) is 0 Å². The minimum atomic E-state index is -0.748. The summed E-state index contributed by atoms with van der Waals surface area (Å²) >= 11 is 0. The van der Waals surface area contributed by atoms with Crippen LogP contribution in [-0.4, -0.2) is 24.0 Å². The molecule has 1 N–H and O–H groups in total. The minimum Gasteiger partial charge on any atom is -0.452 e. The summed E-state index contributed by atoms with van der Waals surface area (Å²) in [4.78, 5) is 23.8. The zero-order valence-corrected chi connectivity index (χ0v) is 13.7. The SMILES string of the molecule is C[C@H](OC(=O)Cc1ccc(-c2ccccc2)cc1)C(=O)NC1CC1. The van der Waals surface area contributed by atoms with Gasteiger partial charge in [0.2, 0.25) is 0 Å². The van der Waals surface area contributed by atoms with Crippen molar-refractivity contribution in [3.63, 3.8) is 0 Å². The molecule has 124 valence electrons. The van der Waals surface area contributed by atoms with Crippen molar-refractivity contribution in [3.05, 3.63) is 60.2 Å². The van der Waals surface area contributed by atoms with Crippen molar-refractivity contribution in [2.24, 2.45) is 0 Å². The zero-order chi connectivity index (χ0) is 16.9. The smallest absolute Gasteiger partial charge is 0.311 e. The lowest BCUT2D eigenvalue weighted by Gasteiger charge is -2.13. The number of ether oxygens (including phenoxy) is 1. The van der Waals surface area contributed by atoms with Gasteiger partial charge in [-0.05, 0) is 36.5 Å². The van der Waals surface area contributed by atoms with E-state index >= 15 is 0 Å². The fourth-order valence-corrected chi connectivity index (χ4v) is 2.45. The molecule has 0 heterocycles. The van der Waals surface area contributed by atoms with Crippen LogP contribution in [-0.2, 0) is 20.7 Å². The van der Waals surface area contributed by atoms with E-state index < -0.39 is 6.10 Å². The molecule has 2 aromatic rings. The first-order chi connectivity index (χ1) is 11.6. The second-order valence-electron chi connectivity index (χ2n) is 6.15. The molecule has 3 rings (SSSR count). The molecule has 1 aliphatic rings. The lowest BCUT2D eigenvalue weighted by Crippen LogP contribution is -2.37. The topological polar surface area (TPSA) is 55.4 Å². The molecule has 0 bridgehead atoms. The van der Waals surface area contributed by atoms with Crippen molar-refractivity contribution in [2.45, 2.75) is 38.3 Å². The van der Waals surface area contributed by atoms with E-state index in [1.807, 2.05) is 54.6 Å². The Bertz CT molecular complexity index is 705. The maximum Gasteiger partial charge on any atom is 0.311 e. The Labute approximate surface area is 141 Å². The van der Waals surface area contributed by atoms with Crippen LogP contribution in [0.4, 0.5) is 0 Å². The van der Waals surface area contributed by atoms with Crippen LogP contribution < -0.4 is 5.32 Å². The second kappa shape index (κ2) is 7.30. The van der Waals surface area contributed by atoms with Crippen molar-refractivity contribution in [2.75, 3.05) is 0 Å². The molecule has 0 spiro atoms. The summed E-state index contributed by atoms with van der Waals surface area (Å²) in [7, 11) is 0. The van der Waals surface area contributed by atoms with Gasteiger partial charge in [-0.3, -0.25) is 9.59 Å². The second-order valence-corrected chi connectivity index (χ2v) is 6.15. The van der Waals surface area contributed by atoms with Gasteiger partial charge in [0.25, 0.3) is 5.91 Å². The van der Waals surface area contributed by atoms with Gasteiger partial charge in [-0.15, -0.1) is 0 Å². The predicted octanol–water partition coefficient (Wildman–Crippen LogP) is 3.11. The van der Waals surface area contributed by atoms with Gasteiger partial charge < -0.3 is 10.1 Å². The number of hydrogen-bond donors (Lipinski definition) is 1. The predicted molar refractivity (Wildman–Crippen MR) is 92.3 cm³/mol. The molecule has 4 heteroatoms. The Morgan fingerprint density at radius 1 is 1.04 bits per heavy atom. The molecule has 1 fully saturated rings. The van der Waals surface area contributed by atoms with Crippen molar-refractivity contribution < 1.29 is 14.3 Å². The molecule has 1 atom stereocenters. The number of rotatable bonds is 6. The summed E-state index contributed by atoms with van der Waals surface area (Å²) < 4.78 is 5.21.